The lowest BCUT2D eigenvalue weighted by molar-refractivity contribution is -0.143. The van der Waals surface area contributed by atoms with Crippen molar-refractivity contribution in [2.24, 2.45) is 11.7 Å². The van der Waals surface area contributed by atoms with Crippen LogP contribution >= 0.6 is 0 Å². The average Bonchev–Trinajstić information content (AvgIpc) is 1.97. The van der Waals surface area contributed by atoms with E-state index in [0.29, 0.717) is 0 Å². The third-order valence-corrected chi connectivity index (χ3v) is 1.64. The summed E-state index contributed by atoms with van der Waals surface area (Å²) in [5.74, 6) is -1.63. The maximum Gasteiger partial charge on any atom is 0.326 e. The van der Waals surface area contributed by atoms with Crippen LogP contribution in [0.1, 0.15) is 20.8 Å². The molecule has 0 rings (SSSR count). The molecule has 5 nitrogen and oxygen atoms in total. The number of amides is 1. The number of rotatable bonds is 4. The lowest BCUT2D eigenvalue weighted by Crippen LogP contribution is -2.49. The molecule has 0 fully saturated rings. The number of nitrogens with two attached hydrogens (primary N) is 1. The zero-order valence-electron chi connectivity index (χ0n) is 8.07. The Labute approximate surface area is 77.3 Å². The van der Waals surface area contributed by atoms with Gasteiger partial charge in [0.1, 0.15) is 6.04 Å². The van der Waals surface area contributed by atoms with Crippen LogP contribution in [0.3, 0.4) is 0 Å². The third-order valence-electron chi connectivity index (χ3n) is 1.64. The number of carbonyl (C=O) groups is 2. The van der Waals surface area contributed by atoms with Crippen LogP contribution in [0.5, 0.6) is 0 Å². The number of aliphatic carboxylic acids is 1. The summed E-state index contributed by atoms with van der Waals surface area (Å²) in [5, 5.41) is 11.1. The Balaban J connectivity index is 4.27. The molecule has 2 atom stereocenters. The molecule has 0 aliphatic rings. The Morgan fingerprint density at radius 1 is 1.31 bits per heavy atom. The number of hydrogen-bond acceptors (Lipinski definition) is 3. The molecule has 0 spiro atoms. The molecule has 76 valence electrons. The van der Waals surface area contributed by atoms with Gasteiger partial charge in [0.2, 0.25) is 5.91 Å². The fraction of sp³-hybridized carbons (Fsp3) is 0.750. The summed E-state index contributed by atoms with van der Waals surface area (Å²) in [6.45, 7) is 4.95. The molecule has 0 heterocycles. The van der Waals surface area contributed by atoms with E-state index < -0.39 is 24.0 Å². The summed E-state index contributed by atoms with van der Waals surface area (Å²) < 4.78 is 0. The van der Waals surface area contributed by atoms with Crippen LogP contribution in [0.4, 0.5) is 0 Å². The van der Waals surface area contributed by atoms with Crippen LogP contribution in [0.15, 0.2) is 0 Å². The number of carboxylic acid groups (broad SMARTS) is 1. The Bertz CT molecular complexity index is 202. The van der Waals surface area contributed by atoms with Gasteiger partial charge in [0.05, 0.1) is 6.04 Å². The van der Waals surface area contributed by atoms with Gasteiger partial charge in [-0.15, -0.1) is 0 Å². The highest BCUT2D eigenvalue weighted by Crippen LogP contribution is 2.01. The molecule has 1 amide bonds. The highest BCUT2D eigenvalue weighted by atomic mass is 16.4. The van der Waals surface area contributed by atoms with Crippen LogP contribution < -0.4 is 11.1 Å². The van der Waals surface area contributed by atoms with E-state index in [9.17, 15) is 9.59 Å². The SMILES string of the molecule is CC(N)C(=O)N[C@H](C(=O)O)C(C)C. The second-order valence-corrected chi connectivity index (χ2v) is 3.36. The minimum atomic E-state index is -1.04. The van der Waals surface area contributed by atoms with Crippen molar-refractivity contribution in [3.05, 3.63) is 0 Å². The van der Waals surface area contributed by atoms with Crippen LogP contribution in [-0.2, 0) is 9.59 Å². The van der Waals surface area contributed by atoms with Crippen molar-refractivity contribution in [2.45, 2.75) is 32.9 Å². The smallest absolute Gasteiger partial charge is 0.326 e. The van der Waals surface area contributed by atoms with Gasteiger partial charge >= 0.3 is 5.97 Å². The molecule has 4 N–H and O–H groups in total. The number of hydrogen-bond donors (Lipinski definition) is 3. The van der Waals surface area contributed by atoms with E-state index in [4.69, 9.17) is 10.8 Å². The molecule has 0 aromatic rings. The molecule has 5 heteroatoms. The van der Waals surface area contributed by atoms with Gasteiger partial charge in [0.25, 0.3) is 0 Å². The van der Waals surface area contributed by atoms with Gasteiger partial charge in [0.15, 0.2) is 0 Å². The maximum atomic E-state index is 11.1. The Morgan fingerprint density at radius 3 is 2.00 bits per heavy atom. The summed E-state index contributed by atoms with van der Waals surface area (Å²) in [5.41, 5.74) is 5.28. The first kappa shape index (κ1) is 11.9. The molecular weight excluding hydrogens is 172 g/mol. The molecule has 0 bridgehead atoms. The van der Waals surface area contributed by atoms with E-state index in [-0.39, 0.29) is 5.92 Å². The first-order valence-corrected chi connectivity index (χ1v) is 4.15. The van der Waals surface area contributed by atoms with E-state index in [1.807, 2.05) is 0 Å². The Kier molecular flexibility index (Phi) is 4.40. The number of nitrogens with one attached hydrogen (secondary N) is 1. The van der Waals surface area contributed by atoms with Crippen molar-refractivity contribution in [1.82, 2.24) is 5.32 Å². The monoisotopic (exact) mass is 188 g/mol. The van der Waals surface area contributed by atoms with Crippen LogP contribution in [0, 0.1) is 5.92 Å². The van der Waals surface area contributed by atoms with Gasteiger partial charge in [-0.3, -0.25) is 4.79 Å². The largest absolute Gasteiger partial charge is 0.480 e. The molecule has 0 radical (unpaired) electrons. The van der Waals surface area contributed by atoms with E-state index in [1.54, 1.807) is 13.8 Å². The van der Waals surface area contributed by atoms with Gasteiger partial charge in [-0.1, -0.05) is 13.8 Å². The van der Waals surface area contributed by atoms with Crippen molar-refractivity contribution < 1.29 is 14.7 Å². The van der Waals surface area contributed by atoms with Crippen molar-refractivity contribution in [2.75, 3.05) is 0 Å². The molecule has 1 unspecified atom stereocenters. The predicted octanol–water partition coefficient (Wildman–Crippen LogP) is -0.441. The Morgan fingerprint density at radius 2 is 1.77 bits per heavy atom. The van der Waals surface area contributed by atoms with Crippen LogP contribution in [0.25, 0.3) is 0 Å². The van der Waals surface area contributed by atoms with Crippen molar-refractivity contribution in [1.29, 1.82) is 0 Å². The Hall–Kier alpha value is -1.10. The molecular formula is C8H16N2O3. The number of carbonyl (C=O) groups excluding carboxylic acids is 1. The minimum absolute atomic E-state index is 0.153. The zero-order valence-corrected chi connectivity index (χ0v) is 8.07. The summed E-state index contributed by atoms with van der Waals surface area (Å²) in [6, 6.07) is -1.54. The third kappa shape index (κ3) is 3.89. The first-order chi connectivity index (χ1) is 5.86. The lowest BCUT2D eigenvalue weighted by Gasteiger charge is -2.18. The van der Waals surface area contributed by atoms with Crippen LogP contribution in [-0.4, -0.2) is 29.1 Å². The summed E-state index contributed by atoms with van der Waals surface area (Å²) in [6.07, 6.45) is 0. The molecule has 0 saturated heterocycles. The zero-order chi connectivity index (χ0) is 10.6. The second kappa shape index (κ2) is 4.81. The fourth-order valence-corrected chi connectivity index (χ4v) is 0.798. The highest BCUT2D eigenvalue weighted by Gasteiger charge is 2.24. The molecule has 0 aromatic carbocycles. The molecule has 0 aliphatic heterocycles. The quantitative estimate of drug-likeness (QED) is 0.557. The van der Waals surface area contributed by atoms with Crippen molar-refractivity contribution >= 4 is 11.9 Å². The standard InChI is InChI=1S/C8H16N2O3/c1-4(2)6(8(12)13)10-7(11)5(3)9/h4-6H,9H2,1-3H3,(H,10,11)(H,12,13)/t5?,6-/m0/s1. The minimum Gasteiger partial charge on any atom is -0.480 e. The number of carboxylic acids is 1. The fourth-order valence-electron chi connectivity index (χ4n) is 0.798. The predicted molar refractivity (Wildman–Crippen MR) is 48.1 cm³/mol. The van der Waals surface area contributed by atoms with E-state index >= 15 is 0 Å². The summed E-state index contributed by atoms with van der Waals surface area (Å²) in [4.78, 5) is 21.7. The van der Waals surface area contributed by atoms with Gasteiger partial charge in [0, 0.05) is 0 Å². The molecule has 0 saturated carbocycles. The van der Waals surface area contributed by atoms with Gasteiger partial charge in [-0.25, -0.2) is 4.79 Å². The molecule has 13 heavy (non-hydrogen) atoms. The lowest BCUT2D eigenvalue weighted by atomic mass is 10.0. The van der Waals surface area contributed by atoms with E-state index in [1.165, 1.54) is 6.92 Å². The molecule has 0 aromatic heterocycles. The molecule has 0 aliphatic carbocycles. The summed E-state index contributed by atoms with van der Waals surface area (Å²) >= 11 is 0. The van der Waals surface area contributed by atoms with Gasteiger partial charge in [-0.05, 0) is 12.8 Å². The highest BCUT2D eigenvalue weighted by molar-refractivity contribution is 5.86. The first-order valence-electron chi connectivity index (χ1n) is 4.15. The normalized spacial score (nSPS) is 15.2. The average molecular weight is 188 g/mol. The van der Waals surface area contributed by atoms with E-state index in [0.717, 1.165) is 0 Å². The second-order valence-electron chi connectivity index (χ2n) is 3.36. The summed E-state index contributed by atoms with van der Waals surface area (Å²) in [7, 11) is 0. The topological polar surface area (TPSA) is 92.4 Å². The van der Waals surface area contributed by atoms with Crippen molar-refractivity contribution in [3.8, 4) is 0 Å². The maximum absolute atomic E-state index is 11.1. The van der Waals surface area contributed by atoms with Gasteiger partial charge < -0.3 is 16.2 Å². The van der Waals surface area contributed by atoms with Crippen LogP contribution in [0.2, 0.25) is 0 Å². The van der Waals surface area contributed by atoms with E-state index in [2.05, 4.69) is 5.32 Å². The van der Waals surface area contributed by atoms with Gasteiger partial charge in [-0.2, -0.15) is 0 Å². The van der Waals surface area contributed by atoms with Crippen molar-refractivity contribution in [3.63, 3.8) is 0 Å².